The number of rotatable bonds is 4. The summed E-state index contributed by atoms with van der Waals surface area (Å²) in [4.78, 5) is 0.825. The van der Waals surface area contributed by atoms with E-state index < -0.39 is 0 Å². The van der Waals surface area contributed by atoms with Crippen LogP contribution in [0, 0.1) is 0 Å². The fourth-order valence-electron chi connectivity index (χ4n) is 1.42. The van der Waals surface area contributed by atoms with Crippen molar-refractivity contribution in [1.82, 2.24) is 15.5 Å². The van der Waals surface area contributed by atoms with E-state index in [-0.39, 0.29) is 6.04 Å². The zero-order valence-corrected chi connectivity index (χ0v) is 10.6. The van der Waals surface area contributed by atoms with Crippen molar-refractivity contribution in [3.63, 3.8) is 0 Å². The molecule has 2 aromatic rings. The Labute approximate surface area is 103 Å². The topological polar surface area (TPSA) is 51.0 Å². The summed E-state index contributed by atoms with van der Waals surface area (Å²) in [5, 5.41) is 13.7. The van der Waals surface area contributed by atoms with Gasteiger partial charge in [0.2, 0.25) is 5.89 Å². The average Bonchev–Trinajstić information content (AvgIpc) is 2.89. The van der Waals surface area contributed by atoms with Crippen molar-refractivity contribution in [2.75, 3.05) is 7.05 Å². The van der Waals surface area contributed by atoms with Crippen LogP contribution in [-0.2, 0) is 0 Å². The Kier molecular flexibility index (Phi) is 3.58. The van der Waals surface area contributed by atoms with E-state index in [9.17, 15) is 0 Å². The Morgan fingerprint density at radius 3 is 2.94 bits per heavy atom. The van der Waals surface area contributed by atoms with E-state index >= 15 is 0 Å². The maximum Gasteiger partial charge on any atom is 0.259 e. The standard InChI is InChI=1S/C10H12ClN3OS/c1-3-7(12-2)9-13-14-10(15-9)8-6(11)4-5-16-8/h4-5,7,12H,3H2,1-2H3. The van der Waals surface area contributed by atoms with Crippen LogP contribution < -0.4 is 5.32 Å². The van der Waals surface area contributed by atoms with E-state index in [0.29, 0.717) is 16.8 Å². The SMILES string of the molecule is CCC(NC)c1nnc(-c2sccc2Cl)o1. The van der Waals surface area contributed by atoms with Gasteiger partial charge in [-0.1, -0.05) is 18.5 Å². The molecule has 16 heavy (non-hydrogen) atoms. The molecule has 0 saturated heterocycles. The molecule has 1 unspecified atom stereocenters. The lowest BCUT2D eigenvalue weighted by Gasteiger charge is -2.06. The summed E-state index contributed by atoms with van der Waals surface area (Å²) in [6.07, 6.45) is 0.899. The molecule has 2 rings (SSSR count). The summed E-state index contributed by atoms with van der Waals surface area (Å²) < 4.78 is 5.59. The molecule has 0 amide bonds. The first-order chi connectivity index (χ1) is 7.76. The van der Waals surface area contributed by atoms with E-state index in [1.807, 2.05) is 18.5 Å². The van der Waals surface area contributed by atoms with Gasteiger partial charge >= 0.3 is 0 Å². The molecule has 0 aliphatic rings. The molecule has 86 valence electrons. The second-order valence-electron chi connectivity index (χ2n) is 3.29. The highest BCUT2D eigenvalue weighted by Gasteiger charge is 2.17. The molecular weight excluding hydrogens is 246 g/mol. The van der Waals surface area contributed by atoms with Crippen molar-refractivity contribution in [3.05, 3.63) is 22.4 Å². The molecule has 0 bridgehead atoms. The van der Waals surface area contributed by atoms with Gasteiger partial charge in [-0.05, 0) is 24.9 Å². The summed E-state index contributed by atoms with van der Waals surface area (Å²) in [6, 6.07) is 1.92. The maximum atomic E-state index is 6.00. The molecule has 0 aromatic carbocycles. The first-order valence-electron chi connectivity index (χ1n) is 5.00. The van der Waals surface area contributed by atoms with Gasteiger partial charge in [0.05, 0.1) is 11.1 Å². The third-order valence-electron chi connectivity index (χ3n) is 2.31. The average molecular weight is 258 g/mol. The van der Waals surface area contributed by atoms with Gasteiger partial charge in [-0.2, -0.15) is 0 Å². The van der Waals surface area contributed by atoms with Crippen LogP contribution >= 0.6 is 22.9 Å². The van der Waals surface area contributed by atoms with Crippen molar-refractivity contribution in [3.8, 4) is 10.8 Å². The van der Waals surface area contributed by atoms with Crippen molar-refractivity contribution in [1.29, 1.82) is 0 Å². The quantitative estimate of drug-likeness (QED) is 0.914. The van der Waals surface area contributed by atoms with Crippen molar-refractivity contribution in [2.24, 2.45) is 0 Å². The molecule has 1 atom stereocenters. The minimum atomic E-state index is 0.0972. The van der Waals surface area contributed by atoms with Crippen LogP contribution in [-0.4, -0.2) is 17.2 Å². The van der Waals surface area contributed by atoms with Crippen LogP contribution in [0.4, 0.5) is 0 Å². The second kappa shape index (κ2) is 4.95. The van der Waals surface area contributed by atoms with Crippen molar-refractivity contribution >= 4 is 22.9 Å². The maximum absolute atomic E-state index is 6.00. The summed E-state index contributed by atoms with van der Waals surface area (Å²) in [5.41, 5.74) is 0. The van der Waals surface area contributed by atoms with Crippen LogP contribution in [0.15, 0.2) is 15.9 Å². The molecule has 6 heteroatoms. The molecule has 4 nitrogen and oxygen atoms in total. The number of aromatic nitrogens is 2. The van der Waals surface area contributed by atoms with Gasteiger partial charge in [0, 0.05) is 0 Å². The number of nitrogens with one attached hydrogen (secondary N) is 1. The molecule has 0 radical (unpaired) electrons. The van der Waals surface area contributed by atoms with Gasteiger partial charge in [-0.15, -0.1) is 21.5 Å². The first-order valence-corrected chi connectivity index (χ1v) is 6.26. The van der Waals surface area contributed by atoms with Gasteiger partial charge in [-0.3, -0.25) is 0 Å². The molecule has 0 fully saturated rings. The second-order valence-corrected chi connectivity index (χ2v) is 4.62. The van der Waals surface area contributed by atoms with E-state index in [4.69, 9.17) is 16.0 Å². The smallest absolute Gasteiger partial charge is 0.259 e. The minimum Gasteiger partial charge on any atom is -0.418 e. The van der Waals surface area contributed by atoms with Crippen LogP contribution in [0.1, 0.15) is 25.3 Å². The summed E-state index contributed by atoms with van der Waals surface area (Å²) >= 11 is 7.49. The highest BCUT2D eigenvalue weighted by atomic mass is 35.5. The summed E-state index contributed by atoms with van der Waals surface area (Å²) in [5.74, 6) is 1.09. The number of hydrogen-bond donors (Lipinski definition) is 1. The summed E-state index contributed by atoms with van der Waals surface area (Å²) in [7, 11) is 1.87. The van der Waals surface area contributed by atoms with Crippen molar-refractivity contribution < 1.29 is 4.42 Å². The lowest BCUT2D eigenvalue weighted by Crippen LogP contribution is -2.15. The lowest BCUT2D eigenvalue weighted by molar-refractivity contribution is 0.415. The van der Waals surface area contributed by atoms with Crippen LogP contribution in [0.3, 0.4) is 0 Å². The largest absolute Gasteiger partial charge is 0.418 e. The normalized spacial score (nSPS) is 12.9. The fourth-order valence-corrected chi connectivity index (χ4v) is 2.47. The predicted octanol–water partition coefficient (Wildman–Crippen LogP) is 3.12. The van der Waals surface area contributed by atoms with Gasteiger partial charge in [-0.25, -0.2) is 0 Å². The van der Waals surface area contributed by atoms with Crippen LogP contribution in [0.25, 0.3) is 10.8 Å². The van der Waals surface area contributed by atoms with Crippen LogP contribution in [0.5, 0.6) is 0 Å². The highest BCUT2D eigenvalue weighted by molar-refractivity contribution is 7.14. The Morgan fingerprint density at radius 1 is 1.56 bits per heavy atom. The minimum absolute atomic E-state index is 0.0972. The van der Waals surface area contributed by atoms with Gasteiger partial charge in [0.25, 0.3) is 5.89 Å². The molecular formula is C10H12ClN3OS. The van der Waals surface area contributed by atoms with E-state index in [1.165, 1.54) is 11.3 Å². The third kappa shape index (κ3) is 2.11. The Bertz CT molecular complexity index is 464. The number of nitrogens with zero attached hydrogens (tertiary/aromatic N) is 2. The first kappa shape index (κ1) is 11.6. The molecule has 2 heterocycles. The molecule has 1 N–H and O–H groups in total. The third-order valence-corrected chi connectivity index (χ3v) is 3.64. The molecule has 0 aliphatic carbocycles. The van der Waals surface area contributed by atoms with Crippen molar-refractivity contribution in [2.45, 2.75) is 19.4 Å². The van der Waals surface area contributed by atoms with Gasteiger partial charge in [0.15, 0.2) is 0 Å². The Hall–Kier alpha value is -0.910. The molecule has 0 aliphatic heterocycles. The van der Waals surface area contributed by atoms with Crippen LogP contribution in [0.2, 0.25) is 5.02 Å². The van der Waals surface area contributed by atoms with E-state index in [2.05, 4.69) is 22.4 Å². The monoisotopic (exact) mass is 257 g/mol. The number of thiophene rings is 1. The summed E-state index contributed by atoms with van der Waals surface area (Å²) in [6.45, 7) is 2.06. The van der Waals surface area contributed by atoms with E-state index in [0.717, 1.165) is 11.3 Å². The molecule has 0 spiro atoms. The van der Waals surface area contributed by atoms with Gasteiger partial charge in [0.1, 0.15) is 4.88 Å². The number of hydrogen-bond acceptors (Lipinski definition) is 5. The predicted molar refractivity (Wildman–Crippen MR) is 64.7 cm³/mol. The van der Waals surface area contributed by atoms with Gasteiger partial charge < -0.3 is 9.73 Å². The fraction of sp³-hybridized carbons (Fsp3) is 0.400. The Morgan fingerprint density at radius 2 is 2.38 bits per heavy atom. The number of halogens is 1. The zero-order valence-electron chi connectivity index (χ0n) is 9.03. The van der Waals surface area contributed by atoms with E-state index in [1.54, 1.807) is 0 Å². The lowest BCUT2D eigenvalue weighted by atomic mass is 10.2. The zero-order chi connectivity index (χ0) is 11.5. The molecule has 2 aromatic heterocycles. The Balaban J connectivity index is 2.29. The highest BCUT2D eigenvalue weighted by Crippen LogP contribution is 2.32. The molecule has 0 saturated carbocycles.